The summed E-state index contributed by atoms with van der Waals surface area (Å²) in [5.74, 6) is 0. The van der Waals surface area contributed by atoms with Crippen LogP contribution in [0.1, 0.15) is 29.3 Å². The van der Waals surface area contributed by atoms with Gasteiger partial charge in [-0.05, 0) is 49.3 Å². The molecule has 1 aromatic heterocycles. The first kappa shape index (κ1) is 13.5. The van der Waals surface area contributed by atoms with Crippen molar-refractivity contribution in [2.75, 3.05) is 20.6 Å². The van der Waals surface area contributed by atoms with Crippen molar-refractivity contribution in [3.63, 3.8) is 0 Å². The van der Waals surface area contributed by atoms with E-state index in [0.717, 1.165) is 38.0 Å². The fourth-order valence-electron chi connectivity index (χ4n) is 3.11. The molecule has 1 aliphatic heterocycles. The highest BCUT2D eigenvalue weighted by molar-refractivity contribution is 5.84. The summed E-state index contributed by atoms with van der Waals surface area (Å²) in [5, 5.41) is 4.66. The van der Waals surface area contributed by atoms with Crippen molar-refractivity contribution in [2.45, 2.75) is 32.9 Å². The monoisotopic (exact) mass is 269 g/mol. The van der Waals surface area contributed by atoms with Crippen molar-refractivity contribution in [3.05, 3.63) is 40.6 Å². The van der Waals surface area contributed by atoms with Gasteiger partial charge in [-0.3, -0.25) is 4.98 Å². The van der Waals surface area contributed by atoms with Gasteiger partial charge in [0.05, 0.1) is 5.52 Å². The average molecular weight is 269 g/mol. The summed E-state index contributed by atoms with van der Waals surface area (Å²) in [7, 11) is 4.22. The maximum Gasteiger partial charge on any atom is 0.0709 e. The molecule has 1 N–H and O–H groups in total. The molecule has 0 amide bonds. The molecule has 3 nitrogen and oxygen atoms in total. The van der Waals surface area contributed by atoms with Crippen molar-refractivity contribution < 1.29 is 0 Å². The molecule has 0 unspecified atom stereocenters. The number of rotatable bonds is 3. The molecule has 0 radical (unpaired) electrons. The van der Waals surface area contributed by atoms with Crippen LogP contribution in [0.25, 0.3) is 10.9 Å². The third-order valence-corrected chi connectivity index (χ3v) is 4.27. The first-order valence-electron chi connectivity index (χ1n) is 7.49. The highest BCUT2D eigenvalue weighted by Gasteiger charge is 2.20. The van der Waals surface area contributed by atoms with Crippen molar-refractivity contribution in [1.82, 2.24) is 15.2 Å². The Hall–Kier alpha value is -1.45. The maximum absolute atomic E-state index is 4.91. The second-order valence-electron chi connectivity index (χ2n) is 5.74. The molecule has 0 fully saturated rings. The van der Waals surface area contributed by atoms with Crippen LogP contribution in [0.5, 0.6) is 0 Å². The molecular weight excluding hydrogens is 246 g/mol. The third-order valence-electron chi connectivity index (χ3n) is 4.27. The first-order chi connectivity index (χ1) is 9.72. The van der Waals surface area contributed by atoms with Crippen molar-refractivity contribution in [1.29, 1.82) is 0 Å². The Morgan fingerprint density at radius 2 is 2.20 bits per heavy atom. The Morgan fingerprint density at radius 1 is 1.35 bits per heavy atom. The van der Waals surface area contributed by atoms with E-state index in [-0.39, 0.29) is 0 Å². The van der Waals surface area contributed by atoms with Crippen LogP contribution in [0.15, 0.2) is 18.2 Å². The van der Waals surface area contributed by atoms with Crippen LogP contribution >= 0.6 is 0 Å². The summed E-state index contributed by atoms with van der Waals surface area (Å²) in [6.45, 7) is 5.25. The lowest BCUT2D eigenvalue weighted by Gasteiger charge is -2.27. The lowest BCUT2D eigenvalue weighted by atomic mass is 9.94. The van der Waals surface area contributed by atoms with Crippen LogP contribution in [0.4, 0.5) is 0 Å². The van der Waals surface area contributed by atoms with E-state index in [4.69, 9.17) is 4.98 Å². The summed E-state index contributed by atoms with van der Waals surface area (Å²) in [6, 6.07) is 6.72. The standard InChI is InChI=1S/C17H23N3/c1-4-12-5-6-16-13(9-12)14(10-18-2)15-11-20(3)8-7-17(15)19-16/h5-6,9,18H,4,7-8,10-11H2,1-3H3. The second kappa shape index (κ2) is 5.51. The van der Waals surface area contributed by atoms with Crippen molar-refractivity contribution in [3.8, 4) is 0 Å². The van der Waals surface area contributed by atoms with Crippen LogP contribution in [-0.4, -0.2) is 30.5 Å². The highest BCUT2D eigenvalue weighted by atomic mass is 15.1. The highest BCUT2D eigenvalue weighted by Crippen LogP contribution is 2.28. The molecule has 20 heavy (non-hydrogen) atoms. The second-order valence-corrected chi connectivity index (χ2v) is 5.74. The molecule has 106 valence electrons. The molecular formula is C17H23N3. The maximum atomic E-state index is 4.91. The minimum absolute atomic E-state index is 0.919. The van der Waals surface area contributed by atoms with E-state index >= 15 is 0 Å². The largest absolute Gasteiger partial charge is 0.316 e. The Labute approximate surface area is 121 Å². The quantitative estimate of drug-likeness (QED) is 0.928. The Morgan fingerprint density at radius 3 is 2.95 bits per heavy atom. The van der Waals surface area contributed by atoms with Gasteiger partial charge in [0.2, 0.25) is 0 Å². The number of hydrogen-bond acceptors (Lipinski definition) is 3. The lowest BCUT2D eigenvalue weighted by molar-refractivity contribution is 0.309. The Kier molecular flexibility index (Phi) is 3.72. The topological polar surface area (TPSA) is 28.2 Å². The van der Waals surface area contributed by atoms with Gasteiger partial charge in [-0.2, -0.15) is 0 Å². The molecule has 0 aliphatic carbocycles. The molecule has 2 heterocycles. The summed E-state index contributed by atoms with van der Waals surface area (Å²) in [5.41, 5.74) is 6.71. The molecule has 3 rings (SSSR count). The predicted octanol–water partition coefficient (Wildman–Crippen LogP) is 2.50. The van der Waals surface area contributed by atoms with Crippen LogP contribution in [0, 0.1) is 0 Å². The zero-order valence-corrected chi connectivity index (χ0v) is 12.7. The predicted molar refractivity (Wildman–Crippen MR) is 83.9 cm³/mol. The number of aryl methyl sites for hydroxylation is 1. The lowest BCUT2D eigenvalue weighted by Crippen LogP contribution is -2.29. The van der Waals surface area contributed by atoms with Crippen LogP contribution in [0.2, 0.25) is 0 Å². The minimum atomic E-state index is 0.919. The fourth-order valence-corrected chi connectivity index (χ4v) is 3.11. The number of nitrogens with one attached hydrogen (secondary N) is 1. The van der Waals surface area contributed by atoms with Crippen LogP contribution in [0.3, 0.4) is 0 Å². The van der Waals surface area contributed by atoms with E-state index in [1.807, 2.05) is 7.05 Å². The van der Waals surface area contributed by atoms with Crippen LogP contribution in [-0.2, 0) is 25.9 Å². The zero-order valence-electron chi connectivity index (χ0n) is 12.7. The molecule has 1 aromatic carbocycles. The summed E-state index contributed by atoms with van der Waals surface area (Å²) < 4.78 is 0. The van der Waals surface area contributed by atoms with E-state index < -0.39 is 0 Å². The van der Waals surface area contributed by atoms with Gasteiger partial charge in [-0.25, -0.2) is 0 Å². The zero-order chi connectivity index (χ0) is 14.1. The van der Waals surface area contributed by atoms with E-state index in [9.17, 15) is 0 Å². The average Bonchev–Trinajstić information content (AvgIpc) is 2.47. The molecule has 0 atom stereocenters. The molecule has 0 spiro atoms. The fraction of sp³-hybridized carbons (Fsp3) is 0.471. The normalized spacial score (nSPS) is 15.6. The van der Waals surface area contributed by atoms with E-state index in [2.05, 4.69) is 42.4 Å². The summed E-state index contributed by atoms with van der Waals surface area (Å²) in [4.78, 5) is 7.30. The minimum Gasteiger partial charge on any atom is -0.316 e. The van der Waals surface area contributed by atoms with Gasteiger partial charge in [-0.1, -0.05) is 13.0 Å². The molecule has 2 aromatic rings. The molecule has 1 aliphatic rings. The smallest absolute Gasteiger partial charge is 0.0709 e. The number of benzene rings is 1. The number of fused-ring (bicyclic) bond motifs is 2. The van der Waals surface area contributed by atoms with E-state index in [1.165, 1.54) is 27.8 Å². The van der Waals surface area contributed by atoms with E-state index in [0.29, 0.717) is 0 Å². The SMILES string of the molecule is CCc1ccc2nc3c(c(CNC)c2c1)CN(C)CC3. The van der Waals surface area contributed by atoms with Gasteiger partial charge in [0.1, 0.15) is 0 Å². The number of pyridine rings is 1. The Bertz CT molecular complexity index is 634. The van der Waals surface area contributed by atoms with Crippen LogP contribution < -0.4 is 5.32 Å². The molecule has 0 saturated carbocycles. The first-order valence-corrected chi connectivity index (χ1v) is 7.49. The van der Waals surface area contributed by atoms with Gasteiger partial charge in [0.25, 0.3) is 0 Å². The third kappa shape index (κ3) is 2.32. The number of likely N-dealkylation sites (N-methyl/N-ethyl adjacent to an activating group) is 1. The van der Waals surface area contributed by atoms with Crippen molar-refractivity contribution >= 4 is 10.9 Å². The van der Waals surface area contributed by atoms with Crippen molar-refractivity contribution in [2.24, 2.45) is 0 Å². The van der Waals surface area contributed by atoms with E-state index in [1.54, 1.807) is 0 Å². The molecule has 0 saturated heterocycles. The summed E-state index contributed by atoms with van der Waals surface area (Å²) >= 11 is 0. The summed E-state index contributed by atoms with van der Waals surface area (Å²) in [6.07, 6.45) is 2.14. The molecule has 0 bridgehead atoms. The van der Waals surface area contributed by atoms with Gasteiger partial charge < -0.3 is 10.2 Å². The van der Waals surface area contributed by atoms with Gasteiger partial charge in [0, 0.05) is 37.1 Å². The number of aromatic nitrogens is 1. The van der Waals surface area contributed by atoms with Gasteiger partial charge in [-0.15, -0.1) is 0 Å². The number of nitrogens with zero attached hydrogens (tertiary/aromatic N) is 2. The van der Waals surface area contributed by atoms with Gasteiger partial charge >= 0.3 is 0 Å². The number of hydrogen-bond donors (Lipinski definition) is 1. The molecule has 3 heteroatoms. The Balaban J connectivity index is 2.24. The van der Waals surface area contributed by atoms with Gasteiger partial charge in [0.15, 0.2) is 0 Å².